The Bertz CT molecular complexity index is 537. The summed E-state index contributed by atoms with van der Waals surface area (Å²) in [5.41, 5.74) is 7.37. The lowest BCUT2D eigenvalue weighted by Gasteiger charge is -2.09. The topological polar surface area (TPSA) is 53.1 Å². The van der Waals surface area contributed by atoms with Crippen molar-refractivity contribution in [1.29, 1.82) is 0 Å². The van der Waals surface area contributed by atoms with Crippen LogP contribution in [0.1, 0.15) is 12.6 Å². The van der Waals surface area contributed by atoms with Crippen molar-refractivity contribution in [2.24, 2.45) is 0 Å². The monoisotopic (exact) mass is 343 g/mol. The summed E-state index contributed by atoms with van der Waals surface area (Å²) in [6.45, 7) is 4.62. The smallest absolute Gasteiger partial charge is 0.241 e. The van der Waals surface area contributed by atoms with Crippen LogP contribution in [0.15, 0.2) is 24.3 Å². The van der Waals surface area contributed by atoms with E-state index in [2.05, 4.69) is 27.7 Å². The molecule has 2 rings (SSSR count). The van der Waals surface area contributed by atoms with E-state index in [-0.39, 0.29) is 0 Å². The highest BCUT2D eigenvalue weighted by Gasteiger charge is 2.14. The molecule has 0 spiro atoms. The molecule has 17 heavy (non-hydrogen) atoms. The van der Waals surface area contributed by atoms with Gasteiger partial charge in [0.15, 0.2) is 0 Å². The first-order valence-corrected chi connectivity index (χ1v) is 6.46. The fraction of sp³-hybridized carbons (Fsp3) is 0.250. The summed E-state index contributed by atoms with van der Waals surface area (Å²) in [5, 5.41) is 4.32. The zero-order valence-corrected chi connectivity index (χ0v) is 11.9. The number of aryl methyl sites for hydroxylation is 2. The maximum atomic E-state index is 5.97. The van der Waals surface area contributed by atoms with Gasteiger partial charge in [-0.2, -0.15) is 5.10 Å². The normalized spacial score (nSPS) is 10.5. The average Bonchev–Trinajstić information content (AvgIpc) is 2.59. The standard InChI is InChI=1S/C12H14IN3O/c1-3-16-12(11(14)8(2)15-16)17-10-7-5-4-6-9(10)13/h4-7H,3,14H2,1-2H3. The third-order valence-corrected chi connectivity index (χ3v) is 3.36. The number of rotatable bonds is 3. The molecule has 1 aromatic heterocycles. The van der Waals surface area contributed by atoms with Crippen LogP contribution < -0.4 is 10.5 Å². The molecule has 90 valence electrons. The lowest BCUT2D eigenvalue weighted by Crippen LogP contribution is -2.01. The number of para-hydroxylation sites is 1. The second-order valence-electron chi connectivity index (χ2n) is 3.65. The highest BCUT2D eigenvalue weighted by molar-refractivity contribution is 14.1. The van der Waals surface area contributed by atoms with E-state index < -0.39 is 0 Å². The van der Waals surface area contributed by atoms with Crippen molar-refractivity contribution in [3.8, 4) is 11.6 Å². The lowest BCUT2D eigenvalue weighted by atomic mass is 10.3. The zero-order valence-electron chi connectivity index (χ0n) is 9.77. The summed E-state index contributed by atoms with van der Waals surface area (Å²) in [4.78, 5) is 0. The van der Waals surface area contributed by atoms with E-state index in [1.165, 1.54) is 0 Å². The van der Waals surface area contributed by atoms with E-state index in [0.29, 0.717) is 11.6 Å². The minimum absolute atomic E-state index is 0.603. The van der Waals surface area contributed by atoms with Gasteiger partial charge in [0.2, 0.25) is 5.88 Å². The van der Waals surface area contributed by atoms with Crippen LogP contribution in [-0.4, -0.2) is 9.78 Å². The van der Waals surface area contributed by atoms with Crippen LogP contribution in [0.4, 0.5) is 5.69 Å². The Morgan fingerprint density at radius 2 is 2.12 bits per heavy atom. The summed E-state index contributed by atoms with van der Waals surface area (Å²) in [6.07, 6.45) is 0. The van der Waals surface area contributed by atoms with E-state index in [0.717, 1.165) is 21.6 Å². The van der Waals surface area contributed by atoms with Gasteiger partial charge in [-0.25, -0.2) is 4.68 Å². The Balaban J connectivity index is 2.39. The van der Waals surface area contributed by atoms with Gasteiger partial charge in [0.05, 0.1) is 9.26 Å². The average molecular weight is 343 g/mol. The van der Waals surface area contributed by atoms with Crippen molar-refractivity contribution < 1.29 is 4.74 Å². The molecule has 0 bridgehead atoms. The first-order valence-electron chi connectivity index (χ1n) is 5.38. The summed E-state index contributed by atoms with van der Waals surface area (Å²) < 4.78 is 8.67. The largest absolute Gasteiger partial charge is 0.436 e. The Morgan fingerprint density at radius 1 is 1.41 bits per heavy atom. The molecule has 0 aliphatic carbocycles. The lowest BCUT2D eigenvalue weighted by molar-refractivity contribution is 0.416. The molecule has 0 aliphatic rings. The van der Waals surface area contributed by atoms with Crippen LogP contribution in [0.25, 0.3) is 0 Å². The van der Waals surface area contributed by atoms with Gasteiger partial charge < -0.3 is 10.5 Å². The maximum absolute atomic E-state index is 5.97. The summed E-state index contributed by atoms with van der Waals surface area (Å²) in [5.74, 6) is 1.42. The van der Waals surface area contributed by atoms with Gasteiger partial charge >= 0.3 is 0 Å². The highest BCUT2D eigenvalue weighted by Crippen LogP contribution is 2.32. The number of hydrogen-bond donors (Lipinski definition) is 1. The highest BCUT2D eigenvalue weighted by atomic mass is 127. The molecule has 0 radical (unpaired) electrons. The number of aromatic nitrogens is 2. The van der Waals surface area contributed by atoms with Gasteiger partial charge in [0.1, 0.15) is 11.4 Å². The molecule has 0 aliphatic heterocycles. The number of hydrogen-bond acceptors (Lipinski definition) is 3. The Kier molecular flexibility index (Phi) is 3.56. The van der Waals surface area contributed by atoms with Gasteiger partial charge in [-0.3, -0.25) is 0 Å². The SMILES string of the molecule is CCn1nc(C)c(N)c1Oc1ccccc1I. The molecule has 2 N–H and O–H groups in total. The molecule has 0 fully saturated rings. The predicted octanol–water partition coefficient (Wildman–Crippen LogP) is 3.19. The molecule has 0 saturated heterocycles. The number of nitrogen functional groups attached to an aromatic ring is 1. The second kappa shape index (κ2) is 4.95. The number of nitrogens with two attached hydrogens (primary N) is 1. The van der Waals surface area contributed by atoms with Crippen molar-refractivity contribution in [2.45, 2.75) is 20.4 Å². The fourth-order valence-electron chi connectivity index (χ4n) is 1.53. The van der Waals surface area contributed by atoms with Crippen molar-refractivity contribution in [1.82, 2.24) is 9.78 Å². The number of nitrogens with zero attached hydrogens (tertiary/aromatic N) is 2. The second-order valence-corrected chi connectivity index (χ2v) is 4.81. The van der Waals surface area contributed by atoms with Crippen molar-refractivity contribution in [3.05, 3.63) is 33.5 Å². The number of benzene rings is 1. The van der Waals surface area contributed by atoms with E-state index in [1.54, 1.807) is 4.68 Å². The minimum Gasteiger partial charge on any atom is -0.436 e. The molecular weight excluding hydrogens is 329 g/mol. The van der Waals surface area contributed by atoms with Gasteiger partial charge in [-0.05, 0) is 48.6 Å². The van der Waals surface area contributed by atoms with Crippen molar-refractivity contribution >= 4 is 28.3 Å². The Hall–Kier alpha value is -1.24. The van der Waals surface area contributed by atoms with Crippen LogP contribution in [0.5, 0.6) is 11.6 Å². The molecule has 0 atom stereocenters. The zero-order chi connectivity index (χ0) is 12.4. The molecule has 0 unspecified atom stereocenters. The summed E-state index contributed by atoms with van der Waals surface area (Å²) in [6, 6.07) is 7.82. The number of anilines is 1. The third-order valence-electron chi connectivity index (χ3n) is 2.47. The van der Waals surface area contributed by atoms with Gasteiger partial charge in [0, 0.05) is 6.54 Å². The molecule has 4 nitrogen and oxygen atoms in total. The molecule has 5 heteroatoms. The maximum Gasteiger partial charge on any atom is 0.241 e. The van der Waals surface area contributed by atoms with E-state index in [4.69, 9.17) is 10.5 Å². The van der Waals surface area contributed by atoms with E-state index >= 15 is 0 Å². The first kappa shape index (κ1) is 12.2. The van der Waals surface area contributed by atoms with E-state index in [9.17, 15) is 0 Å². The summed E-state index contributed by atoms with van der Waals surface area (Å²) >= 11 is 2.23. The first-order chi connectivity index (χ1) is 8.13. The van der Waals surface area contributed by atoms with E-state index in [1.807, 2.05) is 38.1 Å². The number of halogens is 1. The van der Waals surface area contributed by atoms with Crippen LogP contribution in [0, 0.1) is 10.5 Å². The van der Waals surface area contributed by atoms with Crippen LogP contribution in [-0.2, 0) is 6.54 Å². The van der Waals surface area contributed by atoms with Gasteiger partial charge in [-0.1, -0.05) is 12.1 Å². The molecule has 2 aromatic rings. The minimum atomic E-state index is 0.603. The quantitative estimate of drug-likeness (QED) is 0.871. The molecule has 0 saturated carbocycles. The number of ether oxygens (including phenoxy) is 1. The Labute approximate surface area is 114 Å². The molecule has 1 aromatic carbocycles. The molecule has 1 heterocycles. The van der Waals surface area contributed by atoms with Crippen LogP contribution >= 0.6 is 22.6 Å². The predicted molar refractivity (Wildman–Crippen MR) is 76.3 cm³/mol. The van der Waals surface area contributed by atoms with Gasteiger partial charge in [-0.15, -0.1) is 0 Å². The summed E-state index contributed by atoms with van der Waals surface area (Å²) in [7, 11) is 0. The Morgan fingerprint density at radius 3 is 2.76 bits per heavy atom. The van der Waals surface area contributed by atoms with Gasteiger partial charge in [0.25, 0.3) is 0 Å². The third kappa shape index (κ3) is 2.38. The molecular formula is C12H14IN3O. The van der Waals surface area contributed by atoms with Crippen LogP contribution in [0.3, 0.4) is 0 Å². The van der Waals surface area contributed by atoms with Crippen molar-refractivity contribution in [3.63, 3.8) is 0 Å². The molecule has 0 amide bonds. The van der Waals surface area contributed by atoms with Crippen molar-refractivity contribution in [2.75, 3.05) is 5.73 Å². The fourth-order valence-corrected chi connectivity index (χ4v) is 2.03. The van der Waals surface area contributed by atoms with Crippen LogP contribution in [0.2, 0.25) is 0 Å².